The molecule has 30 heavy (non-hydrogen) atoms. The third kappa shape index (κ3) is 8.51. The molecule has 0 spiro atoms. The molecule has 0 amide bonds. The van der Waals surface area contributed by atoms with Gasteiger partial charge in [0.05, 0.1) is 0 Å². The highest BCUT2D eigenvalue weighted by Gasteiger charge is 1.96. The van der Waals surface area contributed by atoms with Gasteiger partial charge in [-0.25, -0.2) is 0 Å². The highest BCUT2D eigenvalue weighted by molar-refractivity contribution is 14.1. The summed E-state index contributed by atoms with van der Waals surface area (Å²) in [6.07, 6.45) is 3.44. The molecule has 4 rings (SSSR count). The fraction of sp³-hybridized carbons (Fsp3) is 0.250. The van der Waals surface area contributed by atoms with Crippen molar-refractivity contribution in [2.24, 2.45) is 7.05 Å². The van der Waals surface area contributed by atoms with E-state index in [1.165, 1.54) is 0 Å². The summed E-state index contributed by atoms with van der Waals surface area (Å²) >= 11 is 1.15. The lowest BCUT2D eigenvalue weighted by atomic mass is 10.2. The van der Waals surface area contributed by atoms with Crippen molar-refractivity contribution in [3.63, 3.8) is 0 Å². The Morgan fingerprint density at radius 1 is 0.767 bits per heavy atom. The molecular weight excluding hydrogens is 491 g/mol. The molecule has 2 N–H and O–H groups in total. The molecule has 0 aliphatic carbocycles. The number of aromatic amines is 1. The zero-order valence-electron chi connectivity index (χ0n) is 15.5. The number of nitrogens with zero attached hydrogens (tertiary/aromatic N) is 1. The van der Waals surface area contributed by atoms with E-state index in [1.807, 2.05) is 74.5 Å². The lowest BCUT2D eigenvalue weighted by molar-refractivity contribution is 0.748. The Morgan fingerprint density at radius 2 is 1.23 bits per heavy atom. The van der Waals surface area contributed by atoms with Crippen molar-refractivity contribution in [1.29, 1.82) is 0 Å². The van der Waals surface area contributed by atoms with E-state index in [-0.39, 0.29) is 33.4 Å². The van der Waals surface area contributed by atoms with Gasteiger partial charge in [-0.05, 0) is 35.0 Å². The molecule has 0 bridgehead atoms. The Labute approximate surface area is 194 Å². The van der Waals surface area contributed by atoms with E-state index < -0.39 is 0 Å². The van der Waals surface area contributed by atoms with Crippen molar-refractivity contribution in [3.05, 3.63) is 93.8 Å². The predicted octanol–water partition coefficient (Wildman–Crippen LogP) is 6.33. The number of nitrogens with one attached hydrogen (secondary N) is 1. The number of pyridine rings is 2. The summed E-state index contributed by atoms with van der Waals surface area (Å²) in [4.78, 5) is 25.2. The van der Waals surface area contributed by atoms with Gasteiger partial charge in [0.1, 0.15) is 23.0 Å². The smallest absolute Gasteiger partial charge is 0.258 e. The van der Waals surface area contributed by atoms with E-state index in [0.717, 1.165) is 44.6 Å². The van der Waals surface area contributed by atoms with Gasteiger partial charge >= 0.3 is 0 Å². The van der Waals surface area contributed by atoms with Crippen molar-refractivity contribution < 1.29 is 3.44 Å². The number of H-pyrrole nitrogens is 1. The Morgan fingerprint density at radius 3 is 1.77 bits per heavy atom. The molecule has 0 fully saturated rings. The van der Waals surface area contributed by atoms with Gasteiger partial charge in [0.15, 0.2) is 0 Å². The van der Waals surface area contributed by atoms with E-state index in [4.69, 9.17) is 3.44 Å². The van der Waals surface area contributed by atoms with Gasteiger partial charge in [0.25, 0.3) is 11.1 Å². The summed E-state index contributed by atoms with van der Waals surface area (Å²) in [7, 11) is 1.76. The minimum absolute atomic E-state index is 0. The summed E-state index contributed by atoms with van der Waals surface area (Å²) in [5.41, 5.74) is 0.0381. The molecule has 0 saturated carbocycles. The zero-order valence-corrected chi connectivity index (χ0v) is 17.7. The van der Waals surface area contributed by atoms with Crippen LogP contribution >= 0.6 is 23.0 Å². The third-order valence-electron chi connectivity index (χ3n) is 3.67. The summed E-state index contributed by atoms with van der Waals surface area (Å²) in [6, 6.07) is 18.9. The van der Waals surface area contributed by atoms with Crippen LogP contribution in [0.3, 0.4) is 0 Å². The number of fused-ring (bicyclic) bond motifs is 2. The maximum Gasteiger partial charge on any atom is 0.258 e. The Bertz CT molecular complexity index is 1080. The summed E-state index contributed by atoms with van der Waals surface area (Å²) in [5, 5.41) is 3.51. The van der Waals surface area contributed by atoms with Gasteiger partial charge in [-0.1, -0.05) is 72.5 Å². The van der Waals surface area contributed by atoms with Crippen LogP contribution in [-0.4, -0.2) is 13.0 Å². The van der Waals surface area contributed by atoms with Crippen molar-refractivity contribution in [2.45, 2.75) is 36.1 Å². The second-order valence-electron chi connectivity index (χ2n) is 5.21. The highest BCUT2D eigenvalue weighted by atomic mass is 127. The molecule has 0 aliphatic heterocycles. The number of benzene rings is 2. The minimum atomic E-state index is -0.0249. The summed E-state index contributed by atoms with van der Waals surface area (Å²) in [5.74, 6) is 0. The Balaban J connectivity index is -0.000000385. The van der Waals surface area contributed by atoms with Crippen LogP contribution in [0.2, 0.25) is 0 Å². The van der Waals surface area contributed by atoms with Crippen LogP contribution in [0.4, 0.5) is 0 Å². The van der Waals surface area contributed by atoms with Crippen molar-refractivity contribution in [1.82, 2.24) is 9.55 Å². The number of halogens is 1. The molecule has 5 nitrogen and oxygen atoms in total. The quantitative estimate of drug-likeness (QED) is 0.263. The van der Waals surface area contributed by atoms with Gasteiger partial charge in [-0.3, -0.25) is 9.59 Å². The summed E-state index contributed by atoms with van der Waals surface area (Å²) in [6.45, 7) is 4.00. The van der Waals surface area contributed by atoms with Crippen LogP contribution in [0.15, 0.2) is 82.6 Å². The molecular formula is C24H35IN2O3. The van der Waals surface area contributed by atoms with E-state index in [1.54, 1.807) is 24.0 Å². The van der Waals surface area contributed by atoms with Crippen LogP contribution in [-0.2, 0) is 7.05 Å². The van der Waals surface area contributed by atoms with Gasteiger partial charge in [0, 0.05) is 30.2 Å². The second-order valence-corrected chi connectivity index (χ2v) is 5.21. The largest absolute Gasteiger partial charge is 0.331 e. The van der Waals surface area contributed by atoms with Crippen LogP contribution < -0.4 is 11.1 Å². The van der Waals surface area contributed by atoms with E-state index >= 15 is 0 Å². The van der Waals surface area contributed by atoms with Crippen LogP contribution in [0.25, 0.3) is 21.5 Å². The van der Waals surface area contributed by atoms with Gasteiger partial charge in [-0.15, -0.1) is 0 Å². The lowest BCUT2D eigenvalue weighted by Crippen LogP contribution is -2.15. The van der Waals surface area contributed by atoms with Crippen molar-refractivity contribution >= 4 is 44.6 Å². The molecule has 0 atom stereocenters. The van der Waals surface area contributed by atoms with E-state index in [2.05, 4.69) is 4.98 Å². The first-order chi connectivity index (χ1) is 13.2. The standard InChI is InChI=1S/C10H9NO.C9H7NO.C2H6.3CH4.HIO/c1-11-7-6-8-4-2-3-5-9(8)10(11)12;11-9-8-4-2-1-3-7(8)5-6-10-9;1-2;;;;1-2/h2-7H,1H3;1-6H,(H,10,11);1-2H3;3*1H4;2H. The molecule has 0 radical (unpaired) electrons. The van der Waals surface area contributed by atoms with Gasteiger partial charge in [-0.2, -0.15) is 0 Å². The van der Waals surface area contributed by atoms with Crippen LogP contribution in [0.1, 0.15) is 36.1 Å². The summed E-state index contributed by atoms with van der Waals surface area (Å²) < 4.78 is 8.56. The predicted molar refractivity (Wildman–Crippen MR) is 142 cm³/mol. The molecule has 166 valence electrons. The minimum Gasteiger partial charge on any atom is -0.331 e. The third-order valence-corrected chi connectivity index (χ3v) is 3.67. The first-order valence-corrected chi connectivity index (χ1v) is 9.41. The molecule has 2 aromatic carbocycles. The maximum absolute atomic E-state index is 11.5. The fourth-order valence-electron chi connectivity index (χ4n) is 2.42. The van der Waals surface area contributed by atoms with Crippen molar-refractivity contribution in [2.75, 3.05) is 0 Å². The van der Waals surface area contributed by atoms with Gasteiger partial charge in [0.2, 0.25) is 0 Å². The Kier molecular flexibility index (Phi) is 18.7. The normalized spacial score (nSPS) is 8.30. The first-order valence-electron chi connectivity index (χ1n) is 8.44. The molecule has 6 heteroatoms. The van der Waals surface area contributed by atoms with Gasteiger partial charge < -0.3 is 13.0 Å². The Hall–Kier alpha value is -2.45. The first kappa shape index (κ1) is 32.2. The lowest BCUT2D eigenvalue weighted by Gasteiger charge is -1.98. The van der Waals surface area contributed by atoms with E-state index in [9.17, 15) is 9.59 Å². The van der Waals surface area contributed by atoms with Crippen LogP contribution in [0.5, 0.6) is 0 Å². The monoisotopic (exact) mass is 526 g/mol. The molecule has 2 aromatic heterocycles. The number of aryl methyl sites for hydroxylation is 1. The molecule has 0 unspecified atom stereocenters. The number of rotatable bonds is 0. The SMILES string of the molecule is C.C.C.CC.Cn1ccc2ccccc2c1=O.O=c1[nH]ccc2ccccc12.OI. The van der Waals surface area contributed by atoms with E-state index in [0.29, 0.717) is 0 Å². The van der Waals surface area contributed by atoms with Crippen molar-refractivity contribution in [3.8, 4) is 0 Å². The molecule has 2 heterocycles. The number of hydrogen-bond acceptors (Lipinski definition) is 3. The molecule has 4 aromatic rings. The average Bonchev–Trinajstić information content (AvgIpc) is 2.75. The number of aromatic nitrogens is 2. The molecule has 0 saturated heterocycles. The molecule has 0 aliphatic rings. The average molecular weight is 526 g/mol. The number of hydrogen-bond donors (Lipinski definition) is 2. The zero-order chi connectivity index (χ0) is 20.2. The second kappa shape index (κ2) is 17.4. The van der Waals surface area contributed by atoms with Crippen LogP contribution in [0, 0.1) is 0 Å². The fourth-order valence-corrected chi connectivity index (χ4v) is 2.42. The maximum atomic E-state index is 11.5. The topological polar surface area (TPSA) is 75.1 Å². The highest BCUT2D eigenvalue weighted by Crippen LogP contribution is 2.07.